The highest BCUT2D eigenvalue weighted by atomic mass is 32.1. The molecule has 2 N–H and O–H groups in total. The number of nitrogens with one attached hydrogen (secondary N) is 2. The largest absolute Gasteiger partial charge is 0.383 e. The minimum atomic E-state index is -0.529. The average Bonchev–Trinajstić information content (AvgIpc) is 3.23. The molecule has 144 valence electrons. The first kappa shape index (κ1) is 19.5. The Labute approximate surface area is 165 Å². The van der Waals surface area contributed by atoms with Gasteiger partial charge in [-0.3, -0.25) is 14.9 Å². The number of carbonyl (C=O) groups is 1. The second kappa shape index (κ2) is 9.07. The Kier molecular flexibility index (Phi) is 6.30. The van der Waals surface area contributed by atoms with E-state index in [-0.39, 0.29) is 11.3 Å². The number of rotatable bonds is 8. The third kappa shape index (κ3) is 4.70. The maximum Gasteiger partial charge on any atom is 0.270 e. The van der Waals surface area contributed by atoms with Crippen LogP contribution in [-0.2, 0) is 4.74 Å². The van der Waals surface area contributed by atoms with Crippen LogP contribution in [0.4, 0.5) is 17.1 Å². The van der Waals surface area contributed by atoms with Crippen LogP contribution in [0.1, 0.15) is 10.4 Å². The molecule has 0 saturated heterocycles. The number of benzene rings is 2. The topological polar surface area (TPSA) is 106 Å². The lowest BCUT2D eigenvalue weighted by Gasteiger charge is -2.12. The first-order valence-electron chi connectivity index (χ1n) is 8.41. The molecule has 0 bridgehead atoms. The Bertz CT molecular complexity index is 959. The maximum atomic E-state index is 12.7. The maximum absolute atomic E-state index is 12.7. The van der Waals surface area contributed by atoms with Crippen LogP contribution in [0.5, 0.6) is 0 Å². The van der Waals surface area contributed by atoms with Crippen molar-refractivity contribution in [3.8, 4) is 10.6 Å². The number of non-ortho nitro benzene ring substituents is 1. The SMILES string of the molecule is COCCNc1ccc([N+](=O)[O-])cc1C(=O)Nc1ccc(-c2nccs2)cc1. The molecule has 1 aromatic heterocycles. The Morgan fingerprint density at radius 3 is 2.68 bits per heavy atom. The summed E-state index contributed by atoms with van der Waals surface area (Å²) < 4.78 is 4.99. The Hall–Kier alpha value is -3.30. The normalized spacial score (nSPS) is 10.5. The molecule has 0 atom stereocenters. The summed E-state index contributed by atoms with van der Waals surface area (Å²) >= 11 is 1.53. The van der Waals surface area contributed by atoms with Gasteiger partial charge in [-0.15, -0.1) is 11.3 Å². The molecule has 0 aliphatic carbocycles. The van der Waals surface area contributed by atoms with Gasteiger partial charge in [0.2, 0.25) is 0 Å². The van der Waals surface area contributed by atoms with Gasteiger partial charge in [0.1, 0.15) is 5.01 Å². The first-order chi connectivity index (χ1) is 13.6. The molecule has 1 amide bonds. The van der Waals surface area contributed by atoms with Gasteiger partial charge < -0.3 is 15.4 Å². The van der Waals surface area contributed by atoms with Gasteiger partial charge in [0, 0.05) is 54.3 Å². The van der Waals surface area contributed by atoms with Gasteiger partial charge in [0.25, 0.3) is 11.6 Å². The minimum Gasteiger partial charge on any atom is -0.383 e. The van der Waals surface area contributed by atoms with Crippen molar-refractivity contribution in [2.24, 2.45) is 0 Å². The van der Waals surface area contributed by atoms with E-state index in [9.17, 15) is 14.9 Å². The fourth-order valence-corrected chi connectivity index (χ4v) is 3.18. The number of carbonyl (C=O) groups excluding carboxylic acids is 1. The molecule has 0 spiro atoms. The second-order valence-corrected chi connectivity index (χ2v) is 6.67. The van der Waals surface area contributed by atoms with Crippen molar-refractivity contribution >= 4 is 34.3 Å². The molecule has 0 saturated carbocycles. The number of anilines is 2. The summed E-state index contributed by atoms with van der Waals surface area (Å²) in [6.45, 7) is 0.910. The highest BCUT2D eigenvalue weighted by molar-refractivity contribution is 7.13. The highest BCUT2D eigenvalue weighted by Crippen LogP contribution is 2.25. The first-order valence-corrected chi connectivity index (χ1v) is 9.29. The summed E-state index contributed by atoms with van der Waals surface area (Å²) in [4.78, 5) is 27.5. The molecule has 2 aromatic carbocycles. The van der Waals surface area contributed by atoms with Crippen molar-refractivity contribution in [3.05, 3.63) is 69.7 Å². The van der Waals surface area contributed by atoms with Crippen molar-refractivity contribution < 1.29 is 14.5 Å². The second-order valence-electron chi connectivity index (χ2n) is 5.78. The van der Waals surface area contributed by atoms with E-state index in [1.54, 1.807) is 25.4 Å². The Balaban J connectivity index is 1.80. The Morgan fingerprint density at radius 1 is 1.25 bits per heavy atom. The Morgan fingerprint density at radius 2 is 2.04 bits per heavy atom. The number of aromatic nitrogens is 1. The molecule has 8 nitrogen and oxygen atoms in total. The summed E-state index contributed by atoms with van der Waals surface area (Å²) in [5.41, 5.74) is 2.07. The number of methoxy groups -OCH3 is 1. The summed E-state index contributed by atoms with van der Waals surface area (Å²) in [5.74, 6) is -0.439. The molecular formula is C19H18N4O4S. The zero-order chi connectivity index (χ0) is 19.9. The third-order valence-electron chi connectivity index (χ3n) is 3.90. The van der Waals surface area contributed by atoms with Crippen molar-refractivity contribution in [2.75, 3.05) is 30.9 Å². The van der Waals surface area contributed by atoms with Gasteiger partial charge in [-0.25, -0.2) is 4.98 Å². The van der Waals surface area contributed by atoms with Crippen molar-refractivity contribution in [1.29, 1.82) is 0 Å². The van der Waals surface area contributed by atoms with Crippen LogP contribution in [0.3, 0.4) is 0 Å². The van der Waals surface area contributed by atoms with Crippen molar-refractivity contribution in [1.82, 2.24) is 4.98 Å². The van der Waals surface area contributed by atoms with Gasteiger partial charge in [-0.2, -0.15) is 0 Å². The number of nitrogens with zero attached hydrogens (tertiary/aromatic N) is 2. The standard InChI is InChI=1S/C19H18N4O4S/c1-27-10-8-20-17-7-6-15(23(25)26)12-16(17)18(24)22-14-4-2-13(3-5-14)19-21-9-11-28-19/h2-7,9,11-12,20H,8,10H2,1H3,(H,22,24). The zero-order valence-electron chi connectivity index (χ0n) is 15.0. The average molecular weight is 398 g/mol. The predicted molar refractivity (Wildman–Crippen MR) is 109 cm³/mol. The van der Waals surface area contributed by atoms with Crippen LogP contribution in [0.15, 0.2) is 54.0 Å². The molecule has 0 aliphatic rings. The van der Waals surface area contributed by atoms with Crippen LogP contribution < -0.4 is 10.6 Å². The molecule has 9 heteroatoms. The number of ether oxygens (including phenoxy) is 1. The van der Waals surface area contributed by atoms with E-state index in [0.717, 1.165) is 10.6 Å². The number of thiazole rings is 1. The van der Waals surface area contributed by atoms with Crippen molar-refractivity contribution in [2.45, 2.75) is 0 Å². The van der Waals surface area contributed by atoms with E-state index >= 15 is 0 Å². The van der Waals surface area contributed by atoms with E-state index in [1.165, 1.54) is 29.5 Å². The number of hydrogen-bond acceptors (Lipinski definition) is 7. The van der Waals surface area contributed by atoms with Gasteiger partial charge in [0.05, 0.1) is 17.1 Å². The van der Waals surface area contributed by atoms with Gasteiger partial charge >= 0.3 is 0 Å². The highest BCUT2D eigenvalue weighted by Gasteiger charge is 2.17. The van der Waals surface area contributed by atoms with Gasteiger partial charge in [0.15, 0.2) is 0 Å². The molecule has 1 heterocycles. The van der Waals surface area contributed by atoms with Gasteiger partial charge in [-0.05, 0) is 30.3 Å². The van der Waals surface area contributed by atoms with E-state index in [2.05, 4.69) is 15.6 Å². The van der Waals surface area contributed by atoms with E-state index in [1.807, 2.05) is 17.5 Å². The number of amides is 1. The van der Waals surface area contributed by atoms with Crippen LogP contribution in [0.2, 0.25) is 0 Å². The fourth-order valence-electron chi connectivity index (χ4n) is 2.54. The molecule has 0 aliphatic heterocycles. The summed E-state index contributed by atoms with van der Waals surface area (Å²) in [6.07, 6.45) is 1.73. The quantitative estimate of drug-likeness (QED) is 0.337. The van der Waals surface area contributed by atoms with E-state index < -0.39 is 10.8 Å². The number of nitro groups is 1. The molecule has 3 aromatic rings. The molecule has 0 fully saturated rings. The molecule has 0 radical (unpaired) electrons. The van der Waals surface area contributed by atoms with Crippen LogP contribution >= 0.6 is 11.3 Å². The summed E-state index contributed by atoms with van der Waals surface area (Å²) in [5, 5.41) is 19.7. The minimum absolute atomic E-state index is 0.151. The lowest BCUT2D eigenvalue weighted by atomic mass is 10.1. The van der Waals surface area contributed by atoms with Crippen LogP contribution in [0, 0.1) is 10.1 Å². The molecule has 0 unspecified atom stereocenters. The lowest BCUT2D eigenvalue weighted by Crippen LogP contribution is -2.16. The van der Waals surface area contributed by atoms with E-state index in [0.29, 0.717) is 24.5 Å². The fraction of sp³-hybridized carbons (Fsp3) is 0.158. The molecular weight excluding hydrogens is 380 g/mol. The predicted octanol–water partition coefficient (Wildman–Crippen LogP) is 4.03. The number of nitro benzene ring substituents is 1. The van der Waals surface area contributed by atoms with Crippen LogP contribution in [0.25, 0.3) is 10.6 Å². The molecule has 28 heavy (non-hydrogen) atoms. The van der Waals surface area contributed by atoms with Gasteiger partial charge in [-0.1, -0.05) is 0 Å². The number of hydrogen-bond donors (Lipinski definition) is 2. The third-order valence-corrected chi connectivity index (χ3v) is 4.72. The lowest BCUT2D eigenvalue weighted by molar-refractivity contribution is -0.384. The monoisotopic (exact) mass is 398 g/mol. The summed E-state index contributed by atoms with van der Waals surface area (Å²) in [6, 6.07) is 11.4. The van der Waals surface area contributed by atoms with Crippen LogP contribution in [-0.4, -0.2) is 36.1 Å². The zero-order valence-corrected chi connectivity index (χ0v) is 15.9. The summed E-state index contributed by atoms with van der Waals surface area (Å²) in [7, 11) is 1.57. The van der Waals surface area contributed by atoms with E-state index in [4.69, 9.17) is 4.74 Å². The smallest absolute Gasteiger partial charge is 0.270 e. The molecule has 3 rings (SSSR count). The van der Waals surface area contributed by atoms with Crippen molar-refractivity contribution in [3.63, 3.8) is 0 Å².